The summed E-state index contributed by atoms with van der Waals surface area (Å²) in [6.45, 7) is 5.06. The molecule has 1 amide bonds. The van der Waals surface area contributed by atoms with Crippen molar-refractivity contribution in [2.75, 3.05) is 11.9 Å². The quantitative estimate of drug-likeness (QED) is 0.492. The van der Waals surface area contributed by atoms with Crippen molar-refractivity contribution in [2.45, 2.75) is 31.8 Å². The summed E-state index contributed by atoms with van der Waals surface area (Å²) < 4.78 is 32.5. The fraction of sp³-hybridized carbons (Fsp3) is 0.200. The number of rotatable bonds is 8. The number of carbonyl (C=O) groups excluding carboxylic acids is 2. The second-order valence-electron chi connectivity index (χ2n) is 7.78. The van der Waals surface area contributed by atoms with E-state index >= 15 is 0 Å². The summed E-state index contributed by atoms with van der Waals surface area (Å²) in [7, 11) is -3.90. The minimum Gasteiger partial charge on any atom is -0.446 e. The average Bonchev–Trinajstić information content (AvgIpc) is 2.76. The highest BCUT2D eigenvalue weighted by Crippen LogP contribution is 2.21. The van der Waals surface area contributed by atoms with Crippen LogP contribution in [0.4, 0.5) is 5.69 Å². The van der Waals surface area contributed by atoms with Crippen LogP contribution in [0, 0.1) is 20.8 Å². The van der Waals surface area contributed by atoms with E-state index in [1.807, 2.05) is 39.0 Å². The van der Waals surface area contributed by atoms with E-state index in [0.717, 1.165) is 16.7 Å². The Morgan fingerprint density at radius 2 is 1.45 bits per heavy atom. The molecule has 2 N–H and O–H groups in total. The van der Waals surface area contributed by atoms with E-state index in [0.29, 0.717) is 11.3 Å². The van der Waals surface area contributed by atoms with E-state index < -0.39 is 34.5 Å². The summed E-state index contributed by atoms with van der Waals surface area (Å²) in [6, 6.07) is 20.4. The zero-order valence-corrected chi connectivity index (χ0v) is 19.5. The smallest absolute Gasteiger partial charge is 0.322 e. The number of hydrogen-bond acceptors (Lipinski definition) is 5. The van der Waals surface area contributed by atoms with Crippen LogP contribution in [0.15, 0.2) is 77.7 Å². The molecule has 0 spiro atoms. The van der Waals surface area contributed by atoms with Gasteiger partial charge in [-0.3, -0.25) is 9.59 Å². The molecule has 1 atom stereocenters. The molecule has 0 aromatic heterocycles. The van der Waals surface area contributed by atoms with Gasteiger partial charge in [0.25, 0.3) is 5.91 Å². The minimum absolute atomic E-state index is 0.0352. The second kappa shape index (κ2) is 10.4. The van der Waals surface area contributed by atoms with Crippen molar-refractivity contribution in [3.8, 4) is 0 Å². The van der Waals surface area contributed by atoms with Crippen LogP contribution in [0.3, 0.4) is 0 Å². The van der Waals surface area contributed by atoms with Crippen molar-refractivity contribution in [1.82, 2.24) is 4.72 Å². The number of amides is 1. The molecule has 0 aliphatic carbocycles. The molecule has 0 aliphatic heterocycles. The Kier molecular flexibility index (Phi) is 7.63. The number of benzene rings is 3. The molecule has 3 aromatic rings. The number of ether oxygens (including phenoxy) is 1. The third-order valence-electron chi connectivity index (χ3n) is 4.82. The number of anilines is 1. The predicted molar refractivity (Wildman–Crippen MR) is 126 cm³/mol. The first-order chi connectivity index (χ1) is 15.6. The molecule has 3 aromatic carbocycles. The van der Waals surface area contributed by atoms with Crippen LogP contribution in [0.5, 0.6) is 0 Å². The minimum atomic E-state index is -3.90. The molecule has 3 rings (SSSR count). The van der Waals surface area contributed by atoms with Gasteiger partial charge in [-0.2, -0.15) is 4.72 Å². The molecule has 172 valence electrons. The number of esters is 1. The Hall–Kier alpha value is -3.49. The molecule has 0 saturated heterocycles. The fourth-order valence-corrected chi connectivity index (χ4v) is 4.25. The van der Waals surface area contributed by atoms with Crippen molar-refractivity contribution in [3.05, 3.63) is 95.1 Å². The zero-order valence-electron chi connectivity index (χ0n) is 18.7. The standard InChI is InChI=1S/C25H26N2O5S/c1-17-9-11-22(12-10-17)33(30,31)26-16-23(28)32-24(20-7-5-4-6-8-20)25(29)27-21-14-18(2)13-19(3)15-21/h4-15,24,26H,16H2,1-3H3,(H,27,29)/t24-/m0/s1. The number of hydrogen-bond donors (Lipinski definition) is 2. The van der Waals surface area contributed by atoms with Crippen molar-refractivity contribution < 1.29 is 22.7 Å². The van der Waals surface area contributed by atoms with Gasteiger partial charge in [0, 0.05) is 11.3 Å². The number of carbonyl (C=O) groups is 2. The van der Waals surface area contributed by atoms with Crippen LogP contribution in [-0.2, 0) is 24.3 Å². The van der Waals surface area contributed by atoms with Crippen molar-refractivity contribution >= 4 is 27.6 Å². The fourth-order valence-electron chi connectivity index (χ4n) is 3.28. The maximum absolute atomic E-state index is 13.0. The maximum Gasteiger partial charge on any atom is 0.322 e. The van der Waals surface area contributed by atoms with Crippen molar-refractivity contribution in [3.63, 3.8) is 0 Å². The van der Waals surface area contributed by atoms with Gasteiger partial charge in [-0.05, 0) is 56.2 Å². The van der Waals surface area contributed by atoms with Crippen LogP contribution in [0.25, 0.3) is 0 Å². The Labute approximate surface area is 193 Å². The Morgan fingerprint density at radius 1 is 0.848 bits per heavy atom. The van der Waals surface area contributed by atoms with Crippen LogP contribution in [0.1, 0.15) is 28.4 Å². The Morgan fingerprint density at radius 3 is 2.06 bits per heavy atom. The molecule has 0 saturated carbocycles. The molecule has 0 heterocycles. The lowest BCUT2D eigenvalue weighted by Gasteiger charge is -2.19. The molecular formula is C25H26N2O5S. The third kappa shape index (κ3) is 6.74. The molecule has 0 radical (unpaired) electrons. The van der Waals surface area contributed by atoms with Gasteiger partial charge < -0.3 is 10.1 Å². The number of aryl methyl sites for hydroxylation is 3. The highest BCUT2D eigenvalue weighted by Gasteiger charge is 2.26. The Balaban J connectivity index is 1.73. The van der Waals surface area contributed by atoms with Crippen LogP contribution in [0.2, 0.25) is 0 Å². The lowest BCUT2D eigenvalue weighted by molar-refractivity contribution is -0.153. The summed E-state index contributed by atoms with van der Waals surface area (Å²) in [5.74, 6) is -1.42. The average molecular weight is 467 g/mol. The van der Waals surface area contributed by atoms with Gasteiger partial charge in [-0.25, -0.2) is 8.42 Å². The van der Waals surface area contributed by atoms with Gasteiger partial charge >= 0.3 is 5.97 Å². The van der Waals surface area contributed by atoms with E-state index in [1.165, 1.54) is 12.1 Å². The normalized spacial score (nSPS) is 12.1. The van der Waals surface area contributed by atoms with Gasteiger partial charge in [0.15, 0.2) is 0 Å². The predicted octanol–water partition coefficient (Wildman–Crippen LogP) is 3.81. The summed E-state index contributed by atoms with van der Waals surface area (Å²) in [4.78, 5) is 25.5. The lowest BCUT2D eigenvalue weighted by atomic mass is 10.1. The maximum atomic E-state index is 13.0. The molecule has 0 bridgehead atoms. The first kappa shape index (κ1) is 24.2. The van der Waals surface area contributed by atoms with E-state index in [2.05, 4.69) is 10.0 Å². The third-order valence-corrected chi connectivity index (χ3v) is 6.23. The zero-order chi connectivity index (χ0) is 24.0. The molecular weight excluding hydrogens is 440 g/mol. The molecule has 0 aliphatic rings. The molecule has 8 heteroatoms. The van der Waals surface area contributed by atoms with Gasteiger partial charge in [0.2, 0.25) is 16.1 Å². The highest BCUT2D eigenvalue weighted by molar-refractivity contribution is 7.89. The van der Waals surface area contributed by atoms with Crippen LogP contribution < -0.4 is 10.0 Å². The largest absolute Gasteiger partial charge is 0.446 e. The van der Waals surface area contributed by atoms with E-state index in [4.69, 9.17) is 4.74 Å². The van der Waals surface area contributed by atoms with Gasteiger partial charge in [0.05, 0.1) is 4.90 Å². The van der Waals surface area contributed by atoms with E-state index in [1.54, 1.807) is 42.5 Å². The SMILES string of the molecule is Cc1ccc(S(=O)(=O)NCC(=O)O[C@H](C(=O)Nc2cc(C)cc(C)c2)c2ccccc2)cc1. The van der Waals surface area contributed by atoms with E-state index in [9.17, 15) is 18.0 Å². The molecule has 0 fully saturated rings. The number of nitrogens with one attached hydrogen (secondary N) is 2. The van der Waals surface area contributed by atoms with Crippen molar-refractivity contribution in [1.29, 1.82) is 0 Å². The molecule has 33 heavy (non-hydrogen) atoms. The topological polar surface area (TPSA) is 102 Å². The highest BCUT2D eigenvalue weighted by atomic mass is 32.2. The van der Waals surface area contributed by atoms with Crippen LogP contribution >= 0.6 is 0 Å². The summed E-state index contributed by atoms with van der Waals surface area (Å²) in [6.07, 6.45) is -1.25. The summed E-state index contributed by atoms with van der Waals surface area (Å²) in [5, 5.41) is 2.78. The Bertz CT molecular complexity index is 1220. The van der Waals surface area contributed by atoms with Gasteiger partial charge in [-0.15, -0.1) is 0 Å². The first-order valence-electron chi connectivity index (χ1n) is 10.3. The number of sulfonamides is 1. The first-order valence-corrected chi connectivity index (χ1v) is 11.8. The summed E-state index contributed by atoms with van der Waals surface area (Å²) in [5.41, 5.74) is 3.91. The van der Waals surface area contributed by atoms with Crippen molar-refractivity contribution in [2.24, 2.45) is 0 Å². The van der Waals surface area contributed by atoms with Crippen LogP contribution in [-0.4, -0.2) is 26.8 Å². The van der Waals surface area contributed by atoms with Gasteiger partial charge in [0.1, 0.15) is 6.54 Å². The summed E-state index contributed by atoms with van der Waals surface area (Å²) >= 11 is 0. The monoisotopic (exact) mass is 466 g/mol. The molecule has 7 nitrogen and oxygen atoms in total. The van der Waals surface area contributed by atoms with E-state index in [-0.39, 0.29) is 4.90 Å². The lowest BCUT2D eigenvalue weighted by Crippen LogP contribution is -2.33. The van der Waals surface area contributed by atoms with Gasteiger partial charge in [-0.1, -0.05) is 54.1 Å². The second-order valence-corrected chi connectivity index (χ2v) is 9.55. The molecule has 0 unspecified atom stereocenters.